The summed E-state index contributed by atoms with van der Waals surface area (Å²) in [4.78, 5) is 26.5. The van der Waals surface area contributed by atoms with E-state index in [1.807, 2.05) is 53.1 Å². The molecule has 1 aromatic heterocycles. The third-order valence-electron chi connectivity index (χ3n) is 5.91. The van der Waals surface area contributed by atoms with Crippen molar-refractivity contribution in [2.75, 3.05) is 19.1 Å². The number of fused-ring (bicyclic) bond motifs is 2. The first-order chi connectivity index (χ1) is 17.2. The summed E-state index contributed by atoms with van der Waals surface area (Å²) in [5, 5.41) is 9.65. The summed E-state index contributed by atoms with van der Waals surface area (Å²) in [6.07, 6.45) is 0.636. The van der Waals surface area contributed by atoms with Gasteiger partial charge in [-0.05, 0) is 48.9 Å². The molecule has 2 aliphatic heterocycles. The average Bonchev–Trinajstić information content (AvgIpc) is 3.60. The number of carbonyl (C=O) groups excluding carboxylic acids is 2. The maximum Gasteiger partial charge on any atom is 0.261 e. The van der Waals surface area contributed by atoms with Crippen LogP contribution in [0.25, 0.3) is 17.1 Å². The van der Waals surface area contributed by atoms with Gasteiger partial charge in [-0.2, -0.15) is 0 Å². The van der Waals surface area contributed by atoms with Gasteiger partial charge >= 0.3 is 0 Å². The Morgan fingerprint density at radius 3 is 2.31 bits per heavy atom. The normalized spacial score (nSPS) is 14.0. The van der Waals surface area contributed by atoms with Crippen molar-refractivity contribution in [3.63, 3.8) is 0 Å². The van der Waals surface area contributed by atoms with Crippen molar-refractivity contribution in [1.29, 1.82) is 0 Å². The van der Waals surface area contributed by atoms with Crippen LogP contribution in [0.2, 0.25) is 0 Å². The lowest BCUT2D eigenvalue weighted by Gasteiger charge is -2.14. The molecule has 3 heterocycles. The molecule has 2 amide bonds. The highest BCUT2D eigenvalue weighted by Crippen LogP contribution is 2.37. The van der Waals surface area contributed by atoms with Crippen LogP contribution in [0, 0.1) is 0 Å². The van der Waals surface area contributed by atoms with Gasteiger partial charge in [0, 0.05) is 23.5 Å². The minimum Gasteiger partial charge on any atom is -0.454 e. The van der Waals surface area contributed by atoms with Gasteiger partial charge in [-0.3, -0.25) is 19.1 Å². The van der Waals surface area contributed by atoms with Crippen LogP contribution >= 0.6 is 11.8 Å². The molecule has 0 saturated carbocycles. The van der Waals surface area contributed by atoms with Gasteiger partial charge < -0.3 is 9.47 Å². The topological polar surface area (TPSA) is 86.6 Å². The maximum absolute atomic E-state index is 12.6. The summed E-state index contributed by atoms with van der Waals surface area (Å²) in [6, 6.07) is 22.6. The molecular weight excluding hydrogens is 464 g/mol. The third-order valence-corrected chi connectivity index (χ3v) is 6.93. The number of hydrogen-bond acceptors (Lipinski definition) is 7. The molecule has 0 aliphatic carbocycles. The average molecular weight is 485 g/mol. The van der Waals surface area contributed by atoms with Gasteiger partial charge in [-0.1, -0.05) is 42.1 Å². The highest BCUT2D eigenvalue weighted by Gasteiger charge is 2.34. The van der Waals surface area contributed by atoms with E-state index in [1.54, 1.807) is 24.3 Å². The first kappa shape index (κ1) is 21.4. The number of imide groups is 1. The minimum atomic E-state index is -0.229. The monoisotopic (exact) mass is 484 g/mol. The van der Waals surface area contributed by atoms with Gasteiger partial charge in [0.25, 0.3) is 11.8 Å². The summed E-state index contributed by atoms with van der Waals surface area (Å²) in [5.41, 5.74) is 2.75. The summed E-state index contributed by atoms with van der Waals surface area (Å²) in [6.45, 7) is 0.562. The van der Waals surface area contributed by atoms with Crippen molar-refractivity contribution in [3.8, 4) is 28.6 Å². The largest absolute Gasteiger partial charge is 0.454 e. The summed E-state index contributed by atoms with van der Waals surface area (Å²) >= 11 is 1.54. The quantitative estimate of drug-likeness (QED) is 0.218. The van der Waals surface area contributed by atoms with E-state index in [0.717, 1.165) is 16.4 Å². The Morgan fingerprint density at radius 1 is 0.829 bits per heavy atom. The Bertz CT molecular complexity index is 1400. The molecule has 0 bridgehead atoms. The van der Waals surface area contributed by atoms with E-state index in [2.05, 4.69) is 10.2 Å². The zero-order chi connectivity index (χ0) is 23.8. The zero-order valence-corrected chi connectivity index (χ0v) is 19.4. The smallest absolute Gasteiger partial charge is 0.261 e. The Kier molecular flexibility index (Phi) is 5.46. The molecule has 6 rings (SSSR count). The number of benzene rings is 3. The van der Waals surface area contributed by atoms with Crippen LogP contribution in [-0.2, 0) is 0 Å². The van der Waals surface area contributed by atoms with Gasteiger partial charge in [-0.25, -0.2) is 0 Å². The van der Waals surface area contributed by atoms with Gasteiger partial charge in [0.1, 0.15) is 0 Å². The number of amides is 2. The summed E-state index contributed by atoms with van der Waals surface area (Å²) in [7, 11) is 0. The fraction of sp³-hybridized carbons (Fsp3) is 0.154. The molecule has 35 heavy (non-hydrogen) atoms. The van der Waals surface area contributed by atoms with Crippen molar-refractivity contribution in [1.82, 2.24) is 19.7 Å². The van der Waals surface area contributed by atoms with Crippen molar-refractivity contribution >= 4 is 23.6 Å². The number of thioether (sulfide) groups is 1. The van der Waals surface area contributed by atoms with E-state index < -0.39 is 0 Å². The number of ether oxygens (including phenoxy) is 2. The summed E-state index contributed by atoms with van der Waals surface area (Å²) in [5.74, 6) is 2.29. The van der Waals surface area contributed by atoms with Gasteiger partial charge in [-0.15, -0.1) is 10.2 Å². The lowest BCUT2D eigenvalue weighted by molar-refractivity contribution is 0.0655. The van der Waals surface area contributed by atoms with Crippen LogP contribution in [0.4, 0.5) is 0 Å². The Morgan fingerprint density at radius 2 is 1.54 bits per heavy atom. The number of para-hydroxylation sites is 1. The molecule has 8 nitrogen and oxygen atoms in total. The van der Waals surface area contributed by atoms with E-state index in [0.29, 0.717) is 47.2 Å². The maximum atomic E-state index is 12.6. The summed E-state index contributed by atoms with van der Waals surface area (Å²) < 4.78 is 13.0. The van der Waals surface area contributed by atoms with E-state index in [4.69, 9.17) is 9.47 Å². The second kappa shape index (κ2) is 8.92. The van der Waals surface area contributed by atoms with Crippen molar-refractivity contribution < 1.29 is 19.1 Å². The van der Waals surface area contributed by atoms with Crippen LogP contribution in [-0.4, -0.2) is 50.6 Å². The molecule has 0 fully saturated rings. The lowest BCUT2D eigenvalue weighted by Crippen LogP contribution is -2.31. The van der Waals surface area contributed by atoms with Crippen molar-refractivity contribution in [3.05, 3.63) is 83.9 Å². The zero-order valence-electron chi connectivity index (χ0n) is 18.6. The molecule has 0 N–H and O–H groups in total. The van der Waals surface area contributed by atoms with Crippen molar-refractivity contribution in [2.24, 2.45) is 0 Å². The number of nitrogens with zero attached hydrogens (tertiary/aromatic N) is 4. The van der Waals surface area contributed by atoms with E-state index >= 15 is 0 Å². The fourth-order valence-corrected chi connectivity index (χ4v) is 5.10. The molecule has 4 aromatic rings. The second-order valence-electron chi connectivity index (χ2n) is 8.05. The standard InChI is InChI=1S/C26H20N4O4S/c31-24-19-9-4-5-10-20(19)25(32)29(24)13-6-14-35-26-28-27-23(30(26)18-7-2-1-3-8-18)17-11-12-21-22(15-17)34-16-33-21/h1-5,7-12,15H,6,13-14,16H2. The molecule has 0 spiro atoms. The second-order valence-corrected chi connectivity index (χ2v) is 9.12. The molecule has 0 unspecified atom stereocenters. The van der Waals surface area contributed by atoms with E-state index in [1.165, 1.54) is 16.7 Å². The van der Waals surface area contributed by atoms with Gasteiger partial charge in [0.15, 0.2) is 22.5 Å². The van der Waals surface area contributed by atoms with E-state index in [-0.39, 0.29) is 18.6 Å². The van der Waals surface area contributed by atoms with Crippen LogP contribution < -0.4 is 9.47 Å². The molecule has 174 valence electrons. The van der Waals surface area contributed by atoms with Crippen LogP contribution in [0.1, 0.15) is 27.1 Å². The van der Waals surface area contributed by atoms with Crippen LogP contribution in [0.3, 0.4) is 0 Å². The predicted molar refractivity (Wildman–Crippen MR) is 130 cm³/mol. The molecule has 9 heteroatoms. The van der Waals surface area contributed by atoms with Crippen LogP contribution in [0.15, 0.2) is 78.0 Å². The third kappa shape index (κ3) is 3.83. The molecule has 0 atom stereocenters. The Balaban J connectivity index is 1.20. The highest BCUT2D eigenvalue weighted by atomic mass is 32.2. The number of rotatable bonds is 7. The van der Waals surface area contributed by atoms with Gasteiger partial charge in [0.05, 0.1) is 11.1 Å². The number of aromatic nitrogens is 3. The SMILES string of the molecule is O=C1c2ccccc2C(=O)N1CCCSc1nnc(-c2ccc3c(c2)OCO3)n1-c1ccccc1. The molecule has 0 radical (unpaired) electrons. The number of hydrogen-bond donors (Lipinski definition) is 0. The van der Waals surface area contributed by atoms with E-state index in [9.17, 15) is 9.59 Å². The number of carbonyl (C=O) groups is 2. The first-order valence-electron chi connectivity index (χ1n) is 11.2. The minimum absolute atomic E-state index is 0.207. The van der Waals surface area contributed by atoms with Crippen molar-refractivity contribution in [2.45, 2.75) is 11.6 Å². The highest BCUT2D eigenvalue weighted by molar-refractivity contribution is 7.99. The lowest BCUT2D eigenvalue weighted by atomic mass is 10.1. The predicted octanol–water partition coefficient (Wildman–Crippen LogP) is 4.44. The first-order valence-corrected chi connectivity index (χ1v) is 12.2. The molecule has 3 aromatic carbocycles. The van der Waals surface area contributed by atoms with Crippen LogP contribution in [0.5, 0.6) is 11.5 Å². The Hall–Kier alpha value is -4.11. The molecule has 0 saturated heterocycles. The molecular formula is C26H20N4O4S. The van der Waals surface area contributed by atoms with Gasteiger partial charge in [0.2, 0.25) is 6.79 Å². The Labute approximate surface area is 205 Å². The molecule has 2 aliphatic rings. The fourth-order valence-electron chi connectivity index (χ4n) is 4.22.